The molecule has 2 amide bonds. The number of carbonyl (C=O) groups excluding carboxylic acids is 2. The first-order chi connectivity index (χ1) is 19.9. The van der Waals surface area contributed by atoms with Crippen LogP contribution in [0.15, 0.2) is 43.0 Å². The Morgan fingerprint density at radius 2 is 1.78 bits per heavy atom. The second-order valence-electron chi connectivity index (χ2n) is 10.4. The highest BCUT2D eigenvalue weighted by molar-refractivity contribution is 5.83. The smallest absolute Gasteiger partial charge is 0.407 e. The summed E-state index contributed by atoms with van der Waals surface area (Å²) in [5.41, 5.74) is 2.11. The van der Waals surface area contributed by atoms with Gasteiger partial charge in [0.25, 0.3) is 5.91 Å². The molecule has 0 radical (unpaired) electrons. The number of alkyl carbamates (subject to hydrolysis) is 1. The summed E-state index contributed by atoms with van der Waals surface area (Å²) in [6.45, 7) is 7.45. The van der Waals surface area contributed by atoms with Gasteiger partial charge in [-0.3, -0.25) is 9.36 Å². The number of carbonyl (C=O) groups is 2. The second-order valence-corrected chi connectivity index (χ2v) is 10.4. The fourth-order valence-corrected chi connectivity index (χ4v) is 5.05. The van der Waals surface area contributed by atoms with Crippen LogP contribution in [0.1, 0.15) is 51.8 Å². The molecule has 4 atom stereocenters. The molecule has 1 aromatic carbocycles. The molecule has 2 aromatic heterocycles. The lowest BCUT2D eigenvalue weighted by Crippen LogP contribution is -2.42. The summed E-state index contributed by atoms with van der Waals surface area (Å²) in [6, 6.07) is 9.57. The molecule has 4 heterocycles. The number of likely N-dealkylation sites (N-methyl/N-ethyl adjacent to an activating group) is 1. The first-order valence-corrected chi connectivity index (χ1v) is 14.0. The van der Waals surface area contributed by atoms with Crippen LogP contribution >= 0.6 is 0 Å². The number of rotatable bonds is 12. The van der Waals surface area contributed by atoms with Gasteiger partial charge in [0, 0.05) is 19.6 Å². The van der Waals surface area contributed by atoms with Gasteiger partial charge in [-0.1, -0.05) is 30.3 Å². The largest absolute Gasteiger partial charge is 0.445 e. The molecule has 0 saturated carbocycles. The summed E-state index contributed by atoms with van der Waals surface area (Å²) in [6.07, 6.45) is 2.75. The van der Waals surface area contributed by atoms with Crippen molar-refractivity contribution in [1.29, 1.82) is 0 Å². The monoisotopic (exact) mass is 567 g/mol. The average molecular weight is 568 g/mol. The van der Waals surface area contributed by atoms with Gasteiger partial charge in [-0.05, 0) is 45.6 Å². The van der Waals surface area contributed by atoms with Gasteiger partial charge in [0.2, 0.25) is 0 Å². The molecular weight excluding hydrogens is 530 g/mol. The summed E-state index contributed by atoms with van der Waals surface area (Å²) >= 11 is 0. The fraction of sp³-hybridized carbons (Fsp3) is 0.536. The van der Waals surface area contributed by atoms with E-state index in [-0.39, 0.29) is 12.5 Å². The van der Waals surface area contributed by atoms with Crippen molar-refractivity contribution in [2.24, 2.45) is 0 Å². The third-order valence-electron chi connectivity index (χ3n) is 6.90. The predicted molar refractivity (Wildman–Crippen MR) is 149 cm³/mol. The maximum absolute atomic E-state index is 12.7. The molecular formula is C28H37N7O6. The van der Waals surface area contributed by atoms with Gasteiger partial charge in [0.15, 0.2) is 35.1 Å². The molecule has 3 N–H and O–H groups in total. The minimum Gasteiger partial charge on any atom is -0.445 e. The Balaban J connectivity index is 1.11. The Bertz CT molecular complexity index is 1330. The number of anilines is 1. The third kappa shape index (κ3) is 6.75. The predicted octanol–water partition coefficient (Wildman–Crippen LogP) is 2.89. The normalized spacial score (nSPS) is 22.8. The molecule has 0 spiro atoms. The summed E-state index contributed by atoms with van der Waals surface area (Å²) in [5, 5.41) is 8.93. The average Bonchev–Trinajstić information content (AvgIpc) is 3.62. The Morgan fingerprint density at radius 1 is 1.00 bits per heavy atom. The molecule has 0 bridgehead atoms. The SMILES string of the molecule is CCNC(=O)[C@H]1O[C@@H](n2cnc3c(NCCCCCNC(=O)OCc4ccccc4)ncnc32)[C@@H]2OC(C)(C)O[C@@H]21. The van der Waals surface area contributed by atoms with E-state index in [9.17, 15) is 9.59 Å². The Morgan fingerprint density at radius 3 is 2.59 bits per heavy atom. The number of imidazole rings is 1. The van der Waals surface area contributed by atoms with Crippen LogP contribution in [-0.2, 0) is 30.3 Å². The van der Waals surface area contributed by atoms with Gasteiger partial charge in [-0.25, -0.2) is 19.7 Å². The molecule has 220 valence electrons. The summed E-state index contributed by atoms with van der Waals surface area (Å²) in [5.74, 6) is -0.486. The highest BCUT2D eigenvalue weighted by Gasteiger charge is 2.58. The molecule has 3 aromatic rings. The molecule has 13 heteroatoms. The molecule has 0 unspecified atom stereocenters. The Hall–Kier alpha value is -3.81. The van der Waals surface area contributed by atoms with Crippen molar-refractivity contribution in [2.45, 2.75) is 77.0 Å². The number of hydrogen-bond acceptors (Lipinski definition) is 10. The van der Waals surface area contributed by atoms with Crippen LogP contribution < -0.4 is 16.0 Å². The molecule has 2 aliphatic heterocycles. The summed E-state index contributed by atoms with van der Waals surface area (Å²) in [4.78, 5) is 37.9. The molecule has 41 heavy (non-hydrogen) atoms. The number of nitrogens with zero attached hydrogens (tertiary/aromatic N) is 4. The molecule has 2 saturated heterocycles. The number of ether oxygens (including phenoxy) is 4. The van der Waals surface area contributed by atoms with Crippen molar-refractivity contribution < 1.29 is 28.5 Å². The first kappa shape index (κ1) is 28.7. The number of amides is 2. The minimum absolute atomic E-state index is 0.244. The zero-order valence-electron chi connectivity index (χ0n) is 23.5. The van der Waals surface area contributed by atoms with Gasteiger partial charge in [0.05, 0.1) is 6.33 Å². The first-order valence-electron chi connectivity index (χ1n) is 14.0. The van der Waals surface area contributed by atoms with Crippen molar-refractivity contribution in [2.75, 3.05) is 25.0 Å². The lowest BCUT2D eigenvalue weighted by atomic mass is 10.1. The van der Waals surface area contributed by atoms with Crippen molar-refractivity contribution in [3.8, 4) is 0 Å². The van der Waals surface area contributed by atoms with Crippen LogP contribution in [0.4, 0.5) is 10.6 Å². The van der Waals surface area contributed by atoms with Crippen LogP contribution in [0.3, 0.4) is 0 Å². The molecule has 0 aliphatic carbocycles. The van der Waals surface area contributed by atoms with E-state index in [0.717, 1.165) is 24.8 Å². The van der Waals surface area contributed by atoms with Crippen LogP contribution in [0.25, 0.3) is 11.2 Å². The number of benzene rings is 1. The van der Waals surface area contributed by atoms with Crippen LogP contribution in [0.5, 0.6) is 0 Å². The lowest BCUT2D eigenvalue weighted by Gasteiger charge is -2.24. The topological polar surface area (TPSA) is 151 Å². The minimum atomic E-state index is -0.849. The van der Waals surface area contributed by atoms with Gasteiger partial charge in [-0.2, -0.15) is 0 Å². The van der Waals surface area contributed by atoms with Gasteiger partial charge in [-0.15, -0.1) is 0 Å². The van der Waals surface area contributed by atoms with Crippen LogP contribution in [0.2, 0.25) is 0 Å². The fourth-order valence-electron chi connectivity index (χ4n) is 5.05. The van der Waals surface area contributed by atoms with Crippen molar-refractivity contribution in [3.63, 3.8) is 0 Å². The van der Waals surface area contributed by atoms with Crippen LogP contribution in [-0.4, -0.2) is 75.3 Å². The van der Waals surface area contributed by atoms with Gasteiger partial charge >= 0.3 is 6.09 Å². The number of nitrogens with one attached hydrogen (secondary N) is 3. The summed E-state index contributed by atoms with van der Waals surface area (Å²) < 4.78 is 25.3. The van der Waals surface area contributed by atoms with Crippen molar-refractivity contribution in [3.05, 3.63) is 48.5 Å². The third-order valence-corrected chi connectivity index (χ3v) is 6.90. The molecule has 5 rings (SSSR count). The van der Waals surface area contributed by atoms with E-state index >= 15 is 0 Å². The molecule has 2 fully saturated rings. The van der Waals surface area contributed by atoms with E-state index < -0.39 is 36.4 Å². The quantitative estimate of drug-likeness (QED) is 0.279. The zero-order valence-corrected chi connectivity index (χ0v) is 23.5. The van der Waals surface area contributed by atoms with Crippen molar-refractivity contribution in [1.82, 2.24) is 30.2 Å². The van der Waals surface area contributed by atoms with Crippen LogP contribution in [0, 0.1) is 0 Å². The van der Waals surface area contributed by atoms with E-state index in [2.05, 4.69) is 30.9 Å². The molecule has 13 nitrogen and oxygen atoms in total. The highest BCUT2D eigenvalue weighted by Crippen LogP contribution is 2.44. The van der Waals surface area contributed by atoms with E-state index in [1.54, 1.807) is 10.9 Å². The lowest BCUT2D eigenvalue weighted by molar-refractivity contribution is -0.197. The van der Waals surface area contributed by atoms with Gasteiger partial charge < -0.3 is 34.9 Å². The number of fused-ring (bicyclic) bond motifs is 2. The Kier molecular flexibility index (Phi) is 8.96. The highest BCUT2D eigenvalue weighted by atomic mass is 16.8. The number of aromatic nitrogens is 4. The standard InChI is InChI=1S/C28H37N7O6/c1-4-29-25(36)21-20-22(41-28(2,3)40-20)26(39-21)35-17-34-19-23(32-16-33-24(19)35)30-13-9-6-10-14-31-27(37)38-15-18-11-7-5-8-12-18/h5,7-8,11-12,16-17,20-22,26H,4,6,9-10,13-15H2,1-3H3,(H,29,36)(H,31,37)(H,30,32,33)/t20-,21+,22-,26-/m1/s1. The maximum Gasteiger partial charge on any atom is 0.407 e. The van der Waals surface area contributed by atoms with E-state index in [4.69, 9.17) is 18.9 Å². The Labute approximate surface area is 238 Å². The number of unbranched alkanes of at least 4 members (excludes halogenated alkanes) is 2. The number of hydrogen-bond donors (Lipinski definition) is 3. The molecule has 2 aliphatic rings. The summed E-state index contributed by atoms with van der Waals surface area (Å²) in [7, 11) is 0. The zero-order chi connectivity index (χ0) is 28.8. The van der Waals surface area contributed by atoms with E-state index in [1.807, 2.05) is 51.1 Å². The second kappa shape index (κ2) is 12.8. The van der Waals surface area contributed by atoms with E-state index in [1.165, 1.54) is 6.33 Å². The van der Waals surface area contributed by atoms with Gasteiger partial charge in [0.1, 0.15) is 25.1 Å². The maximum atomic E-state index is 12.7. The van der Waals surface area contributed by atoms with E-state index in [0.29, 0.717) is 36.6 Å². The van der Waals surface area contributed by atoms with Crippen molar-refractivity contribution >= 4 is 29.0 Å².